The molecule has 2 fully saturated rings. The Balaban J connectivity index is 1.20. The highest BCUT2D eigenvalue weighted by molar-refractivity contribution is 6.02. The number of benzene rings is 1. The van der Waals surface area contributed by atoms with E-state index in [4.69, 9.17) is 4.74 Å². The Labute approximate surface area is 188 Å². The van der Waals surface area contributed by atoms with Crippen molar-refractivity contribution in [2.24, 2.45) is 0 Å². The minimum atomic E-state index is -0.159. The summed E-state index contributed by atoms with van der Waals surface area (Å²) >= 11 is 0. The van der Waals surface area contributed by atoms with E-state index in [-0.39, 0.29) is 5.91 Å². The lowest BCUT2D eigenvalue weighted by atomic mass is 10.1. The number of aryl methyl sites for hydroxylation is 1. The van der Waals surface area contributed by atoms with Crippen LogP contribution in [0.3, 0.4) is 0 Å². The number of nitrogens with zero attached hydrogens (tertiary/aromatic N) is 3. The van der Waals surface area contributed by atoms with Gasteiger partial charge >= 0.3 is 0 Å². The second-order valence-corrected chi connectivity index (χ2v) is 8.76. The van der Waals surface area contributed by atoms with Crippen molar-refractivity contribution in [2.45, 2.75) is 44.8 Å². The van der Waals surface area contributed by atoms with Gasteiger partial charge in [0.05, 0.1) is 12.5 Å². The van der Waals surface area contributed by atoms with E-state index in [1.165, 1.54) is 24.1 Å². The normalized spacial score (nSPS) is 20.0. The number of ether oxygens (including phenoxy) is 1. The van der Waals surface area contributed by atoms with Crippen LogP contribution >= 0.6 is 0 Å². The maximum absolute atomic E-state index is 12.8. The summed E-state index contributed by atoms with van der Waals surface area (Å²) in [5.74, 6) is 0.419. The molecule has 3 aromatic rings. The Morgan fingerprint density at radius 3 is 2.62 bits per heavy atom. The Bertz CT molecular complexity index is 1100. The van der Waals surface area contributed by atoms with Gasteiger partial charge in [0.1, 0.15) is 17.0 Å². The first-order valence-corrected chi connectivity index (χ1v) is 11.6. The number of pyridine rings is 1. The standard InChI is InChI=1S/C25H31N5O2/c1-3-29-13-11-21-23(32-2)22(14-27-24(21)29)25(31)26-12-10-17-4-8-20(9-5-17)30-15-18-6-7-19(16-30)28-18/h4-5,8-9,11,13-14,18-19,28H,3,6-7,10,12,15-16H2,1-2H3,(H,26,31). The van der Waals surface area contributed by atoms with E-state index in [0.29, 0.717) is 29.9 Å². The number of piperazine rings is 1. The van der Waals surface area contributed by atoms with Crippen LogP contribution in [-0.4, -0.2) is 54.3 Å². The molecule has 2 aromatic heterocycles. The van der Waals surface area contributed by atoms with E-state index >= 15 is 0 Å². The molecule has 2 N–H and O–H groups in total. The second kappa shape index (κ2) is 8.82. The van der Waals surface area contributed by atoms with Crippen LogP contribution in [0.15, 0.2) is 42.7 Å². The van der Waals surface area contributed by atoms with Crippen LogP contribution in [0.4, 0.5) is 5.69 Å². The molecule has 7 heteroatoms. The lowest BCUT2D eigenvalue weighted by Crippen LogP contribution is -2.51. The molecule has 2 atom stereocenters. The lowest BCUT2D eigenvalue weighted by molar-refractivity contribution is 0.0951. The van der Waals surface area contributed by atoms with Gasteiger partial charge in [-0.1, -0.05) is 12.1 Å². The van der Waals surface area contributed by atoms with Crippen molar-refractivity contribution in [3.63, 3.8) is 0 Å². The molecule has 0 radical (unpaired) electrons. The number of aromatic nitrogens is 2. The van der Waals surface area contributed by atoms with Crippen molar-refractivity contribution in [1.82, 2.24) is 20.2 Å². The number of methoxy groups -OCH3 is 1. The van der Waals surface area contributed by atoms with E-state index in [1.54, 1.807) is 13.3 Å². The SMILES string of the molecule is CCn1ccc2c(OC)c(C(=O)NCCc3ccc(N4CC5CCC(C4)N5)cc3)cnc21. The molecular weight excluding hydrogens is 402 g/mol. The van der Waals surface area contributed by atoms with Gasteiger partial charge in [0.2, 0.25) is 0 Å². The molecule has 168 valence electrons. The molecule has 7 nitrogen and oxygen atoms in total. The van der Waals surface area contributed by atoms with Crippen LogP contribution in [-0.2, 0) is 13.0 Å². The fourth-order valence-corrected chi connectivity index (χ4v) is 5.05. The van der Waals surface area contributed by atoms with Gasteiger partial charge in [0.25, 0.3) is 5.91 Å². The highest BCUT2D eigenvalue weighted by Gasteiger charge is 2.32. The molecule has 2 unspecified atom stereocenters. The molecule has 0 spiro atoms. The van der Waals surface area contributed by atoms with Gasteiger partial charge in [-0.05, 0) is 49.9 Å². The van der Waals surface area contributed by atoms with Crippen molar-refractivity contribution in [3.8, 4) is 5.75 Å². The van der Waals surface area contributed by atoms with Gasteiger partial charge < -0.3 is 24.8 Å². The largest absolute Gasteiger partial charge is 0.495 e. The maximum Gasteiger partial charge on any atom is 0.256 e. The molecule has 2 aliphatic rings. The highest BCUT2D eigenvalue weighted by Crippen LogP contribution is 2.29. The molecule has 1 aromatic carbocycles. The third kappa shape index (κ3) is 3.93. The Morgan fingerprint density at radius 1 is 1.19 bits per heavy atom. The zero-order chi connectivity index (χ0) is 22.1. The molecule has 2 saturated heterocycles. The van der Waals surface area contributed by atoms with Crippen molar-refractivity contribution in [2.75, 3.05) is 31.6 Å². The molecule has 0 aliphatic carbocycles. The molecule has 32 heavy (non-hydrogen) atoms. The van der Waals surface area contributed by atoms with Gasteiger partial charge in [-0.3, -0.25) is 4.79 Å². The third-order valence-corrected chi connectivity index (χ3v) is 6.75. The zero-order valence-corrected chi connectivity index (χ0v) is 18.8. The average Bonchev–Trinajstić information content (AvgIpc) is 3.40. The lowest BCUT2D eigenvalue weighted by Gasteiger charge is -2.34. The van der Waals surface area contributed by atoms with E-state index in [2.05, 4.69) is 51.7 Å². The van der Waals surface area contributed by atoms with Gasteiger partial charge in [0, 0.05) is 56.3 Å². The van der Waals surface area contributed by atoms with Gasteiger partial charge in [-0.25, -0.2) is 4.98 Å². The molecule has 2 aliphatic heterocycles. The van der Waals surface area contributed by atoms with E-state index < -0.39 is 0 Å². The fourth-order valence-electron chi connectivity index (χ4n) is 5.05. The average molecular weight is 434 g/mol. The first kappa shape index (κ1) is 20.8. The van der Waals surface area contributed by atoms with Gasteiger partial charge in [-0.2, -0.15) is 0 Å². The Kier molecular flexibility index (Phi) is 5.74. The predicted molar refractivity (Wildman–Crippen MR) is 127 cm³/mol. The number of anilines is 1. The highest BCUT2D eigenvalue weighted by atomic mass is 16.5. The van der Waals surface area contributed by atoms with Crippen molar-refractivity contribution < 1.29 is 9.53 Å². The first-order chi connectivity index (χ1) is 15.7. The van der Waals surface area contributed by atoms with Crippen LogP contribution < -0.4 is 20.3 Å². The number of fused-ring (bicyclic) bond motifs is 3. The molecular formula is C25H31N5O2. The smallest absolute Gasteiger partial charge is 0.256 e. The molecule has 0 saturated carbocycles. The summed E-state index contributed by atoms with van der Waals surface area (Å²) in [6.45, 7) is 5.63. The Morgan fingerprint density at radius 2 is 1.94 bits per heavy atom. The third-order valence-electron chi connectivity index (χ3n) is 6.75. The number of rotatable bonds is 7. The molecule has 2 bridgehead atoms. The summed E-state index contributed by atoms with van der Waals surface area (Å²) in [6.07, 6.45) is 6.94. The van der Waals surface area contributed by atoms with Crippen LogP contribution in [0.1, 0.15) is 35.7 Å². The summed E-state index contributed by atoms with van der Waals surface area (Å²) < 4.78 is 7.61. The monoisotopic (exact) mass is 433 g/mol. The summed E-state index contributed by atoms with van der Waals surface area (Å²) in [7, 11) is 1.60. The number of hydrogen-bond donors (Lipinski definition) is 2. The Hall–Kier alpha value is -3.06. The number of carbonyl (C=O) groups excluding carboxylic acids is 1. The summed E-state index contributed by atoms with van der Waals surface area (Å²) in [6, 6.07) is 12.0. The molecule has 5 rings (SSSR count). The van der Waals surface area contributed by atoms with Crippen molar-refractivity contribution in [3.05, 3.63) is 53.9 Å². The van der Waals surface area contributed by atoms with Crippen LogP contribution in [0.5, 0.6) is 5.75 Å². The van der Waals surface area contributed by atoms with Crippen LogP contribution in [0, 0.1) is 0 Å². The number of nitrogens with one attached hydrogen (secondary N) is 2. The summed E-state index contributed by atoms with van der Waals surface area (Å²) in [5, 5.41) is 7.56. The minimum absolute atomic E-state index is 0.159. The van der Waals surface area contributed by atoms with E-state index in [1.807, 2.05) is 16.8 Å². The van der Waals surface area contributed by atoms with E-state index in [9.17, 15) is 4.79 Å². The van der Waals surface area contributed by atoms with E-state index in [0.717, 1.165) is 37.1 Å². The zero-order valence-electron chi connectivity index (χ0n) is 18.8. The van der Waals surface area contributed by atoms with Crippen LogP contribution in [0.25, 0.3) is 11.0 Å². The van der Waals surface area contributed by atoms with Crippen LogP contribution in [0.2, 0.25) is 0 Å². The predicted octanol–water partition coefficient (Wildman–Crippen LogP) is 2.98. The second-order valence-electron chi connectivity index (χ2n) is 8.76. The molecule has 1 amide bonds. The fraction of sp³-hybridized carbons (Fsp3) is 0.440. The topological polar surface area (TPSA) is 71.4 Å². The summed E-state index contributed by atoms with van der Waals surface area (Å²) in [4.78, 5) is 19.8. The summed E-state index contributed by atoms with van der Waals surface area (Å²) in [5.41, 5.74) is 3.81. The van der Waals surface area contributed by atoms with Gasteiger partial charge in [0.15, 0.2) is 0 Å². The van der Waals surface area contributed by atoms with Crippen molar-refractivity contribution in [1.29, 1.82) is 0 Å². The van der Waals surface area contributed by atoms with Crippen molar-refractivity contribution >= 4 is 22.6 Å². The first-order valence-electron chi connectivity index (χ1n) is 11.6. The molecule has 4 heterocycles. The minimum Gasteiger partial charge on any atom is -0.495 e. The number of amides is 1. The number of hydrogen-bond acceptors (Lipinski definition) is 5. The number of carbonyl (C=O) groups is 1. The maximum atomic E-state index is 12.8. The quantitative estimate of drug-likeness (QED) is 0.599. The van der Waals surface area contributed by atoms with Gasteiger partial charge in [-0.15, -0.1) is 0 Å².